The largest absolute Gasteiger partial charge is 0.372 e. The Morgan fingerprint density at radius 3 is 2.39 bits per heavy atom. The summed E-state index contributed by atoms with van der Waals surface area (Å²) >= 11 is 0. The van der Waals surface area contributed by atoms with Gasteiger partial charge in [0.25, 0.3) is 0 Å². The highest BCUT2D eigenvalue weighted by Gasteiger charge is 2.11. The van der Waals surface area contributed by atoms with Gasteiger partial charge in [0.2, 0.25) is 0 Å². The predicted molar refractivity (Wildman–Crippen MR) is 79.0 cm³/mol. The summed E-state index contributed by atoms with van der Waals surface area (Å²) in [5.41, 5.74) is 8.84. The van der Waals surface area contributed by atoms with Crippen LogP contribution in [-0.2, 0) is 0 Å². The molecule has 1 unspecified atom stereocenters. The minimum Gasteiger partial charge on any atom is -0.372 e. The second-order valence-electron chi connectivity index (χ2n) is 5.39. The van der Waals surface area contributed by atoms with Crippen molar-refractivity contribution in [2.75, 3.05) is 18.0 Å². The van der Waals surface area contributed by atoms with Gasteiger partial charge in [-0.25, -0.2) is 0 Å². The third-order valence-corrected chi connectivity index (χ3v) is 3.91. The van der Waals surface area contributed by atoms with Gasteiger partial charge in [0, 0.05) is 24.8 Å². The third kappa shape index (κ3) is 3.49. The Bertz CT molecular complexity index is 339. The molecule has 2 heteroatoms. The van der Waals surface area contributed by atoms with E-state index in [1.807, 2.05) is 0 Å². The van der Waals surface area contributed by atoms with Gasteiger partial charge in [-0.3, -0.25) is 0 Å². The number of piperidine rings is 1. The van der Waals surface area contributed by atoms with Crippen molar-refractivity contribution in [2.45, 2.75) is 51.5 Å². The molecular weight excluding hydrogens is 220 g/mol. The Kier molecular flexibility index (Phi) is 5.06. The maximum atomic E-state index is 6.20. The second-order valence-corrected chi connectivity index (χ2v) is 5.39. The normalized spacial score (nSPS) is 17.8. The van der Waals surface area contributed by atoms with Gasteiger partial charge < -0.3 is 10.6 Å². The summed E-state index contributed by atoms with van der Waals surface area (Å²) in [6.07, 6.45) is 7.58. The van der Waals surface area contributed by atoms with Crippen molar-refractivity contribution in [1.29, 1.82) is 0 Å². The molecule has 2 N–H and O–H groups in total. The van der Waals surface area contributed by atoms with Gasteiger partial charge in [-0.15, -0.1) is 0 Å². The summed E-state index contributed by atoms with van der Waals surface area (Å²) in [4.78, 5) is 2.49. The molecule has 1 aliphatic rings. The van der Waals surface area contributed by atoms with E-state index < -0.39 is 0 Å². The summed E-state index contributed by atoms with van der Waals surface area (Å²) in [7, 11) is 0. The van der Waals surface area contributed by atoms with Gasteiger partial charge in [-0.2, -0.15) is 0 Å². The van der Waals surface area contributed by atoms with E-state index in [1.165, 1.54) is 56.4 Å². The maximum absolute atomic E-state index is 6.20. The molecule has 18 heavy (non-hydrogen) atoms. The van der Waals surface area contributed by atoms with Crippen LogP contribution in [0.15, 0.2) is 24.3 Å². The first-order valence-corrected chi connectivity index (χ1v) is 7.41. The molecule has 0 amide bonds. The van der Waals surface area contributed by atoms with Crippen LogP contribution in [0.3, 0.4) is 0 Å². The van der Waals surface area contributed by atoms with Gasteiger partial charge in [0.1, 0.15) is 0 Å². The van der Waals surface area contributed by atoms with Crippen molar-refractivity contribution in [1.82, 2.24) is 0 Å². The summed E-state index contributed by atoms with van der Waals surface area (Å²) < 4.78 is 0. The van der Waals surface area contributed by atoms with E-state index in [0.29, 0.717) is 0 Å². The molecule has 1 atom stereocenters. The molecule has 1 aromatic rings. The van der Waals surface area contributed by atoms with Crippen LogP contribution in [-0.4, -0.2) is 13.1 Å². The van der Waals surface area contributed by atoms with Crippen molar-refractivity contribution < 1.29 is 0 Å². The predicted octanol–water partition coefficient (Wildman–Crippen LogP) is 3.87. The highest BCUT2D eigenvalue weighted by atomic mass is 15.1. The molecule has 2 rings (SSSR count). The van der Waals surface area contributed by atoms with Gasteiger partial charge in [0.05, 0.1) is 0 Å². The lowest BCUT2D eigenvalue weighted by Gasteiger charge is -2.29. The molecule has 1 aromatic carbocycles. The SMILES string of the molecule is CCCCC(N)c1ccc(N2CCCCC2)cc1. The lowest BCUT2D eigenvalue weighted by atomic mass is 10.0. The highest BCUT2D eigenvalue weighted by molar-refractivity contribution is 5.48. The lowest BCUT2D eigenvalue weighted by Crippen LogP contribution is -2.29. The molecule has 2 nitrogen and oxygen atoms in total. The van der Waals surface area contributed by atoms with Crippen LogP contribution >= 0.6 is 0 Å². The first-order valence-electron chi connectivity index (χ1n) is 7.41. The fourth-order valence-corrected chi connectivity index (χ4v) is 2.68. The maximum Gasteiger partial charge on any atom is 0.0366 e. The quantitative estimate of drug-likeness (QED) is 0.854. The average molecular weight is 246 g/mol. The number of anilines is 1. The van der Waals surface area contributed by atoms with Crippen LogP contribution in [0.2, 0.25) is 0 Å². The Balaban J connectivity index is 1.95. The highest BCUT2D eigenvalue weighted by Crippen LogP contribution is 2.23. The molecule has 0 spiro atoms. The monoisotopic (exact) mass is 246 g/mol. The molecule has 0 aromatic heterocycles. The molecule has 1 saturated heterocycles. The zero-order valence-corrected chi connectivity index (χ0v) is 11.6. The zero-order valence-electron chi connectivity index (χ0n) is 11.6. The van der Waals surface area contributed by atoms with Gasteiger partial charge in [-0.05, 0) is 43.4 Å². The minimum absolute atomic E-state index is 0.209. The summed E-state index contributed by atoms with van der Waals surface area (Å²) in [5.74, 6) is 0. The smallest absolute Gasteiger partial charge is 0.0366 e. The molecule has 1 aliphatic heterocycles. The second kappa shape index (κ2) is 6.79. The Hall–Kier alpha value is -1.02. The minimum atomic E-state index is 0.209. The van der Waals surface area contributed by atoms with Crippen molar-refractivity contribution in [3.63, 3.8) is 0 Å². The van der Waals surface area contributed by atoms with Crippen molar-refractivity contribution >= 4 is 5.69 Å². The van der Waals surface area contributed by atoms with Gasteiger partial charge in [0.15, 0.2) is 0 Å². The Labute approximate surface area is 111 Å². The lowest BCUT2D eigenvalue weighted by molar-refractivity contribution is 0.577. The number of benzene rings is 1. The third-order valence-electron chi connectivity index (χ3n) is 3.91. The van der Waals surface area contributed by atoms with E-state index in [1.54, 1.807) is 0 Å². The topological polar surface area (TPSA) is 29.3 Å². The van der Waals surface area contributed by atoms with Crippen LogP contribution in [0.25, 0.3) is 0 Å². The fraction of sp³-hybridized carbons (Fsp3) is 0.625. The molecule has 0 bridgehead atoms. The van der Waals surface area contributed by atoms with E-state index in [0.717, 1.165) is 6.42 Å². The van der Waals surface area contributed by atoms with Crippen molar-refractivity contribution in [3.05, 3.63) is 29.8 Å². The van der Waals surface area contributed by atoms with E-state index >= 15 is 0 Å². The first kappa shape index (κ1) is 13.4. The van der Waals surface area contributed by atoms with E-state index in [9.17, 15) is 0 Å². The fourth-order valence-electron chi connectivity index (χ4n) is 2.68. The number of hydrogen-bond acceptors (Lipinski definition) is 2. The van der Waals surface area contributed by atoms with Gasteiger partial charge >= 0.3 is 0 Å². The van der Waals surface area contributed by atoms with Crippen LogP contribution in [0.4, 0.5) is 5.69 Å². The molecule has 1 heterocycles. The Morgan fingerprint density at radius 2 is 1.78 bits per heavy atom. The number of nitrogens with zero attached hydrogens (tertiary/aromatic N) is 1. The molecule has 100 valence electrons. The summed E-state index contributed by atoms with van der Waals surface area (Å²) in [5, 5.41) is 0. The van der Waals surface area contributed by atoms with Crippen LogP contribution in [0, 0.1) is 0 Å². The van der Waals surface area contributed by atoms with Crippen molar-refractivity contribution in [3.8, 4) is 0 Å². The van der Waals surface area contributed by atoms with E-state index in [-0.39, 0.29) is 6.04 Å². The van der Waals surface area contributed by atoms with Crippen LogP contribution in [0.1, 0.15) is 57.1 Å². The van der Waals surface area contributed by atoms with Gasteiger partial charge in [-0.1, -0.05) is 31.9 Å². The number of unbranched alkanes of at least 4 members (excludes halogenated alkanes) is 1. The number of nitrogens with two attached hydrogens (primary N) is 1. The van der Waals surface area contributed by atoms with Crippen LogP contribution in [0.5, 0.6) is 0 Å². The van der Waals surface area contributed by atoms with Crippen molar-refractivity contribution in [2.24, 2.45) is 5.73 Å². The van der Waals surface area contributed by atoms with Crippen LogP contribution < -0.4 is 10.6 Å². The molecular formula is C16H26N2. The van der Waals surface area contributed by atoms with E-state index in [4.69, 9.17) is 5.73 Å². The first-order chi connectivity index (χ1) is 8.81. The average Bonchev–Trinajstić information content (AvgIpc) is 2.46. The Morgan fingerprint density at radius 1 is 1.11 bits per heavy atom. The standard InChI is InChI=1S/C16H26N2/c1-2-3-7-16(17)14-8-10-15(11-9-14)18-12-5-4-6-13-18/h8-11,16H,2-7,12-13,17H2,1H3. The molecule has 0 radical (unpaired) electrons. The zero-order chi connectivity index (χ0) is 12.8. The summed E-state index contributed by atoms with van der Waals surface area (Å²) in [6.45, 7) is 4.63. The molecule has 1 fully saturated rings. The number of rotatable bonds is 5. The number of hydrogen-bond donors (Lipinski definition) is 1. The summed E-state index contributed by atoms with van der Waals surface area (Å²) in [6, 6.07) is 9.12. The molecule has 0 aliphatic carbocycles. The molecule has 0 saturated carbocycles. The van der Waals surface area contributed by atoms with E-state index in [2.05, 4.69) is 36.1 Å².